The SMILES string of the molecule is O=c1[nH]c(N2N=C(c3ccccc3)CC2c2ccccc2O)c(N=Nc2ccc([N+](=O)[O-])cc2)s1. The fourth-order valence-electron chi connectivity index (χ4n) is 3.81. The molecule has 0 saturated carbocycles. The Kier molecular flexibility index (Phi) is 5.90. The number of nitro benzene ring substituents is 1. The van der Waals surface area contributed by atoms with Gasteiger partial charge in [0.05, 0.1) is 22.4 Å². The second kappa shape index (κ2) is 9.31. The summed E-state index contributed by atoms with van der Waals surface area (Å²) in [5, 5.41) is 36.5. The predicted octanol–water partition coefficient (Wildman–Crippen LogP) is 5.82. The maximum absolute atomic E-state index is 12.3. The zero-order chi connectivity index (χ0) is 24.4. The summed E-state index contributed by atoms with van der Waals surface area (Å²) in [5.74, 6) is 0.475. The first kappa shape index (κ1) is 22.2. The van der Waals surface area contributed by atoms with Crippen LogP contribution in [-0.4, -0.2) is 20.7 Å². The number of thiazole rings is 1. The van der Waals surface area contributed by atoms with E-state index in [1.54, 1.807) is 17.1 Å². The highest BCUT2D eigenvalue weighted by molar-refractivity contribution is 7.13. The van der Waals surface area contributed by atoms with E-state index in [-0.39, 0.29) is 22.4 Å². The molecule has 2 heterocycles. The lowest BCUT2D eigenvalue weighted by Gasteiger charge is -2.23. The monoisotopic (exact) mass is 486 g/mol. The van der Waals surface area contributed by atoms with Crippen LogP contribution in [0.25, 0.3) is 0 Å². The van der Waals surface area contributed by atoms with Gasteiger partial charge in [-0.3, -0.25) is 19.9 Å². The lowest BCUT2D eigenvalue weighted by Crippen LogP contribution is -2.19. The maximum Gasteiger partial charge on any atom is 0.308 e. The van der Waals surface area contributed by atoms with Crippen LogP contribution in [0.4, 0.5) is 22.2 Å². The third-order valence-electron chi connectivity index (χ3n) is 5.47. The molecular weight excluding hydrogens is 468 g/mol. The average Bonchev–Trinajstić information content (AvgIpc) is 3.47. The number of non-ortho nitro benzene ring substituents is 1. The quantitative estimate of drug-likeness (QED) is 0.201. The summed E-state index contributed by atoms with van der Waals surface area (Å²) in [6, 6.07) is 21.9. The number of nitrogens with one attached hydrogen (secondary N) is 1. The highest BCUT2D eigenvalue weighted by atomic mass is 32.1. The number of anilines is 1. The van der Waals surface area contributed by atoms with Crippen molar-refractivity contribution < 1.29 is 10.0 Å². The molecule has 1 unspecified atom stereocenters. The second-order valence-electron chi connectivity index (χ2n) is 7.68. The number of azo groups is 1. The first-order valence-corrected chi connectivity index (χ1v) is 11.4. The molecular formula is C24H18N6O4S. The number of aromatic nitrogens is 1. The number of rotatable bonds is 6. The molecule has 1 aliphatic rings. The number of H-pyrrole nitrogens is 1. The van der Waals surface area contributed by atoms with E-state index >= 15 is 0 Å². The Morgan fingerprint density at radius 2 is 1.74 bits per heavy atom. The van der Waals surface area contributed by atoms with E-state index in [4.69, 9.17) is 5.10 Å². The Labute approximate surface area is 202 Å². The molecule has 0 radical (unpaired) electrons. The van der Waals surface area contributed by atoms with E-state index in [2.05, 4.69) is 15.2 Å². The lowest BCUT2D eigenvalue weighted by atomic mass is 9.98. The van der Waals surface area contributed by atoms with Crippen LogP contribution in [0.1, 0.15) is 23.6 Å². The number of hydrazone groups is 1. The van der Waals surface area contributed by atoms with Gasteiger partial charge >= 0.3 is 4.87 Å². The van der Waals surface area contributed by atoms with Crippen molar-refractivity contribution in [2.24, 2.45) is 15.3 Å². The van der Waals surface area contributed by atoms with E-state index in [1.807, 2.05) is 42.5 Å². The third kappa shape index (κ3) is 4.57. The Hall–Kier alpha value is -4.64. The predicted molar refractivity (Wildman–Crippen MR) is 133 cm³/mol. The van der Waals surface area contributed by atoms with Gasteiger partial charge in [-0.2, -0.15) is 5.10 Å². The molecule has 0 saturated heterocycles. The number of aromatic hydroxyl groups is 1. The van der Waals surface area contributed by atoms with Crippen molar-refractivity contribution in [3.05, 3.63) is 110 Å². The number of phenolic OH excluding ortho intramolecular Hbond substituents is 1. The van der Waals surface area contributed by atoms with Gasteiger partial charge in [0.2, 0.25) is 0 Å². The number of hydrogen-bond acceptors (Lipinski definition) is 9. The highest BCUT2D eigenvalue weighted by Gasteiger charge is 2.34. The highest BCUT2D eigenvalue weighted by Crippen LogP contribution is 2.43. The number of nitro groups is 1. The van der Waals surface area contributed by atoms with Gasteiger partial charge < -0.3 is 5.11 Å². The molecule has 0 spiro atoms. The van der Waals surface area contributed by atoms with Crippen molar-refractivity contribution in [3.63, 3.8) is 0 Å². The van der Waals surface area contributed by atoms with Crippen molar-refractivity contribution >= 4 is 39.2 Å². The van der Waals surface area contributed by atoms with E-state index in [0.717, 1.165) is 22.6 Å². The van der Waals surface area contributed by atoms with Crippen molar-refractivity contribution in [1.82, 2.24) is 4.98 Å². The van der Waals surface area contributed by atoms with E-state index in [1.165, 1.54) is 24.3 Å². The molecule has 1 aliphatic heterocycles. The molecule has 35 heavy (non-hydrogen) atoms. The fourth-order valence-corrected chi connectivity index (χ4v) is 4.46. The minimum atomic E-state index is -0.494. The van der Waals surface area contributed by atoms with Crippen LogP contribution >= 0.6 is 11.3 Å². The summed E-state index contributed by atoms with van der Waals surface area (Å²) in [5.41, 5.74) is 2.73. The maximum atomic E-state index is 12.3. The van der Waals surface area contributed by atoms with Crippen molar-refractivity contribution in [1.29, 1.82) is 0 Å². The summed E-state index contributed by atoms with van der Waals surface area (Å²) < 4.78 is 0. The van der Waals surface area contributed by atoms with Crippen LogP contribution in [0.2, 0.25) is 0 Å². The molecule has 0 fully saturated rings. The number of aromatic amines is 1. The lowest BCUT2D eigenvalue weighted by molar-refractivity contribution is -0.384. The summed E-state index contributed by atoms with van der Waals surface area (Å²) in [7, 11) is 0. The largest absolute Gasteiger partial charge is 0.508 e. The van der Waals surface area contributed by atoms with Crippen LogP contribution in [-0.2, 0) is 0 Å². The molecule has 4 aromatic rings. The second-order valence-corrected chi connectivity index (χ2v) is 8.64. The topological polar surface area (TPSA) is 137 Å². The Balaban J connectivity index is 1.54. The molecule has 174 valence electrons. The van der Waals surface area contributed by atoms with Gasteiger partial charge in [-0.05, 0) is 23.8 Å². The van der Waals surface area contributed by atoms with E-state index in [9.17, 15) is 20.0 Å². The zero-order valence-corrected chi connectivity index (χ0v) is 18.9. The van der Waals surface area contributed by atoms with Gasteiger partial charge in [0.25, 0.3) is 5.69 Å². The number of phenols is 1. The molecule has 5 rings (SSSR count). The molecule has 3 aromatic carbocycles. The number of nitrogens with zero attached hydrogens (tertiary/aromatic N) is 5. The van der Waals surface area contributed by atoms with Crippen molar-refractivity contribution in [2.45, 2.75) is 12.5 Å². The minimum Gasteiger partial charge on any atom is -0.508 e. The molecule has 2 N–H and O–H groups in total. The molecule has 1 atom stereocenters. The molecule has 11 heteroatoms. The molecule has 0 amide bonds. The zero-order valence-electron chi connectivity index (χ0n) is 18.1. The van der Waals surface area contributed by atoms with E-state index < -0.39 is 4.92 Å². The molecule has 1 aromatic heterocycles. The van der Waals surface area contributed by atoms with Gasteiger partial charge in [-0.25, -0.2) is 5.01 Å². The summed E-state index contributed by atoms with van der Waals surface area (Å²) >= 11 is 0.874. The van der Waals surface area contributed by atoms with Crippen LogP contribution < -0.4 is 9.88 Å². The standard InChI is InChI=1S/C24H18N6O4S/c31-21-9-5-4-8-18(21)20-14-19(15-6-2-1-3-7-15)28-29(20)22-23(35-24(32)25-22)27-26-16-10-12-17(13-11-16)30(33)34/h1-13,20,31H,14H2,(H,25,32). The Morgan fingerprint density at radius 3 is 2.46 bits per heavy atom. The first-order chi connectivity index (χ1) is 17.0. The van der Waals surface area contributed by atoms with Gasteiger partial charge in [0, 0.05) is 24.1 Å². The molecule has 0 aliphatic carbocycles. The number of benzene rings is 3. The molecule has 10 nitrogen and oxygen atoms in total. The van der Waals surface area contributed by atoms with Crippen LogP contribution in [0, 0.1) is 10.1 Å². The third-order valence-corrected chi connectivity index (χ3v) is 6.23. The van der Waals surface area contributed by atoms with Crippen LogP contribution in [0.15, 0.2) is 99.0 Å². The van der Waals surface area contributed by atoms with Crippen LogP contribution in [0.3, 0.4) is 0 Å². The smallest absolute Gasteiger partial charge is 0.308 e. The Bertz CT molecular complexity index is 1490. The molecule has 0 bridgehead atoms. The summed E-state index contributed by atoms with van der Waals surface area (Å²) in [4.78, 5) is 25.2. The van der Waals surface area contributed by atoms with Gasteiger partial charge in [0.1, 0.15) is 5.75 Å². The fraction of sp³-hybridized carbons (Fsp3) is 0.0833. The Morgan fingerprint density at radius 1 is 1.03 bits per heavy atom. The average molecular weight is 487 g/mol. The summed E-state index contributed by atoms with van der Waals surface area (Å²) in [6.45, 7) is 0. The number of hydrogen-bond donors (Lipinski definition) is 2. The van der Waals surface area contributed by atoms with Gasteiger partial charge in [-0.1, -0.05) is 59.9 Å². The van der Waals surface area contributed by atoms with Crippen LogP contribution in [0.5, 0.6) is 5.75 Å². The van der Waals surface area contributed by atoms with Crippen molar-refractivity contribution in [3.8, 4) is 5.75 Å². The van der Waals surface area contributed by atoms with Crippen molar-refractivity contribution in [2.75, 3.05) is 5.01 Å². The summed E-state index contributed by atoms with van der Waals surface area (Å²) in [6.07, 6.45) is 0.498. The minimum absolute atomic E-state index is 0.0544. The number of para-hydroxylation sites is 1. The normalized spacial score (nSPS) is 15.5. The van der Waals surface area contributed by atoms with Gasteiger partial charge in [-0.15, -0.1) is 10.2 Å². The van der Waals surface area contributed by atoms with E-state index in [0.29, 0.717) is 28.5 Å². The first-order valence-electron chi connectivity index (χ1n) is 10.6. The van der Waals surface area contributed by atoms with Gasteiger partial charge in [0.15, 0.2) is 10.8 Å².